The van der Waals surface area contributed by atoms with E-state index in [9.17, 15) is 14.4 Å². The number of fused-ring (bicyclic) bond motifs is 1. The third-order valence-corrected chi connectivity index (χ3v) is 6.53. The van der Waals surface area contributed by atoms with E-state index in [0.29, 0.717) is 28.7 Å². The van der Waals surface area contributed by atoms with Gasteiger partial charge in [0.2, 0.25) is 5.91 Å². The molecule has 0 atom stereocenters. The van der Waals surface area contributed by atoms with Gasteiger partial charge in [-0.3, -0.25) is 9.59 Å². The van der Waals surface area contributed by atoms with E-state index in [1.165, 1.54) is 25.6 Å². The number of thiazole rings is 1. The number of rotatable bonds is 8. The summed E-state index contributed by atoms with van der Waals surface area (Å²) in [7, 11) is 2.62. The summed E-state index contributed by atoms with van der Waals surface area (Å²) in [4.78, 5) is 41.9. The molecule has 3 rings (SSSR count). The zero-order valence-corrected chi connectivity index (χ0v) is 18.8. The summed E-state index contributed by atoms with van der Waals surface area (Å²) in [5, 5.41) is 0. The van der Waals surface area contributed by atoms with Crippen molar-refractivity contribution < 1.29 is 23.9 Å². The van der Waals surface area contributed by atoms with Crippen LogP contribution in [0.3, 0.4) is 0 Å². The number of thioether (sulfide) groups is 1. The molecule has 7 nitrogen and oxygen atoms in total. The highest BCUT2D eigenvalue weighted by atomic mass is 32.2. The summed E-state index contributed by atoms with van der Waals surface area (Å²) in [6, 6.07) is 15.0. The normalized spacial score (nSPS) is 11.5. The topological polar surface area (TPSA) is 87.0 Å². The molecule has 0 unspecified atom stereocenters. The van der Waals surface area contributed by atoms with Crippen molar-refractivity contribution in [2.45, 2.75) is 24.3 Å². The Hall–Kier alpha value is -2.91. The average molecular weight is 459 g/mol. The van der Waals surface area contributed by atoms with Crippen LogP contribution in [0.25, 0.3) is 10.2 Å². The summed E-state index contributed by atoms with van der Waals surface area (Å²) in [6.07, 6.45) is 0.996. The van der Waals surface area contributed by atoms with Gasteiger partial charge in [-0.1, -0.05) is 29.5 Å². The molecule has 2 aromatic carbocycles. The highest BCUT2D eigenvalue weighted by Crippen LogP contribution is 2.21. The molecule has 0 fully saturated rings. The van der Waals surface area contributed by atoms with E-state index in [2.05, 4.69) is 4.99 Å². The van der Waals surface area contributed by atoms with Crippen LogP contribution in [0.15, 0.2) is 58.4 Å². The summed E-state index contributed by atoms with van der Waals surface area (Å²) in [5.74, 6) is -0.361. The van der Waals surface area contributed by atoms with E-state index in [1.807, 2.05) is 30.3 Å². The third-order valence-electron chi connectivity index (χ3n) is 4.39. The number of hydrogen-bond acceptors (Lipinski definition) is 7. The maximum Gasteiger partial charge on any atom is 0.337 e. The summed E-state index contributed by atoms with van der Waals surface area (Å²) in [5.41, 5.74) is 1.08. The lowest BCUT2D eigenvalue weighted by molar-refractivity contribution is -0.141. The highest BCUT2D eigenvalue weighted by molar-refractivity contribution is 7.99. The third kappa shape index (κ3) is 6.05. The van der Waals surface area contributed by atoms with Crippen LogP contribution in [0.4, 0.5) is 0 Å². The highest BCUT2D eigenvalue weighted by Gasteiger charge is 2.14. The van der Waals surface area contributed by atoms with Crippen molar-refractivity contribution in [2.75, 3.05) is 20.0 Å². The van der Waals surface area contributed by atoms with Crippen molar-refractivity contribution in [2.24, 2.45) is 4.99 Å². The molecule has 0 spiro atoms. The van der Waals surface area contributed by atoms with E-state index >= 15 is 0 Å². The summed E-state index contributed by atoms with van der Waals surface area (Å²) < 4.78 is 11.9. The van der Waals surface area contributed by atoms with Gasteiger partial charge < -0.3 is 14.0 Å². The Balaban J connectivity index is 1.79. The van der Waals surface area contributed by atoms with E-state index in [0.717, 1.165) is 15.3 Å². The molecule has 1 aromatic heterocycles. The number of amides is 1. The van der Waals surface area contributed by atoms with Gasteiger partial charge in [-0.2, -0.15) is 4.99 Å². The lowest BCUT2D eigenvalue weighted by Crippen LogP contribution is -2.22. The minimum Gasteiger partial charge on any atom is -0.468 e. The van der Waals surface area contributed by atoms with Gasteiger partial charge in [-0.15, -0.1) is 11.8 Å². The zero-order valence-electron chi connectivity index (χ0n) is 17.2. The second-order valence-electron chi connectivity index (χ2n) is 6.49. The molecule has 3 aromatic rings. The smallest absolute Gasteiger partial charge is 0.337 e. The van der Waals surface area contributed by atoms with Crippen molar-refractivity contribution >= 4 is 51.2 Å². The molecule has 0 radical (unpaired) electrons. The van der Waals surface area contributed by atoms with Crippen LogP contribution in [0.2, 0.25) is 0 Å². The Morgan fingerprint density at radius 2 is 1.84 bits per heavy atom. The lowest BCUT2D eigenvalue weighted by atomic mass is 10.2. The molecule has 9 heteroatoms. The second kappa shape index (κ2) is 10.9. The predicted molar refractivity (Wildman–Crippen MR) is 120 cm³/mol. The fourth-order valence-electron chi connectivity index (χ4n) is 2.84. The zero-order chi connectivity index (χ0) is 22.2. The number of carbonyl (C=O) groups excluding carboxylic acids is 3. The van der Waals surface area contributed by atoms with E-state index in [1.54, 1.807) is 34.5 Å². The Morgan fingerprint density at radius 3 is 2.55 bits per heavy atom. The number of nitrogens with zero attached hydrogens (tertiary/aromatic N) is 2. The molecule has 0 saturated carbocycles. The number of esters is 2. The van der Waals surface area contributed by atoms with Crippen LogP contribution >= 0.6 is 23.1 Å². The quantitative estimate of drug-likeness (QED) is 0.291. The minimum absolute atomic E-state index is 0.0793. The molecule has 0 aliphatic heterocycles. The Morgan fingerprint density at radius 1 is 1.06 bits per heavy atom. The van der Waals surface area contributed by atoms with Crippen molar-refractivity contribution in [1.29, 1.82) is 0 Å². The van der Waals surface area contributed by atoms with Gasteiger partial charge in [0.1, 0.15) is 6.54 Å². The van der Waals surface area contributed by atoms with Gasteiger partial charge in [-0.05, 0) is 42.5 Å². The second-order valence-corrected chi connectivity index (χ2v) is 8.67. The first kappa shape index (κ1) is 22.8. The van der Waals surface area contributed by atoms with Crippen LogP contribution in [0.1, 0.15) is 23.2 Å². The fraction of sp³-hybridized carbons (Fsp3) is 0.273. The maximum absolute atomic E-state index is 12.5. The maximum atomic E-state index is 12.5. The van der Waals surface area contributed by atoms with Crippen molar-refractivity contribution in [3.05, 3.63) is 58.9 Å². The molecule has 0 aliphatic carbocycles. The van der Waals surface area contributed by atoms with Crippen molar-refractivity contribution in [3.63, 3.8) is 0 Å². The van der Waals surface area contributed by atoms with E-state index < -0.39 is 11.9 Å². The largest absolute Gasteiger partial charge is 0.468 e. The average Bonchev–Trinajstić information content (AvgIpc) is 3.12. The van der Waals surface area contributed by atoms with Gasteiger partial charge in [0.15, 0.2) is 4.80 Å². The van der Waals surface area contributed by atoms with Crippen LogP contribution in [0, 0.1) is 0 Å². The van der Waals surface area contributed by atoms with Crippen LogP contribution < -0.4 is 4.80 Å². The SMILES string of the molecule is COC(=O)Cn1c(=NC(=O)CCCSc2ccccc2)sc2cc(C(=O)OC)ccc21. The molecule has 0 aliphatic rings. The number of carbonyl (C=O) groups is 3. The van der Waals surface area contributed by atoms with E-state index in [-0.39, 0.29) is 12.5 Å². The van der Waals surface area contributed by atoms with Crippen LogP contribution in [-0.2, 0) is 25.6 Å². The number of benzene rings is 2. The number of aromatic nitrogens is 1. The van der Waals surface area contributed by atoms with Crippen molar-refractivity contribution in [1.82, 2.24) is 4.57 Å². The Kier molecular flexibility index (Phi) is 8.02. The summed E-state index contributed by atoms with van der Waals surface area (Å²) in [6.45, 7) is -0.0793. The first-order valence-electron chi connectivity index (χ1n) is 9.55. The van der Waals surface area contributed by atoms with Gasteiger partial charge >= 0.3 is 11.9 Å². The molecule has 1 amide bonds. The monoisotopic (exact) mass is 458 g/mol. The molecule has 162 valence electrons. The predicted octanol–water partition coefficient (Wildman–Crippen LogP) is 3.66. The lowest BCUT2D eigenvalue weighted by Gasteiger charge is -2.04. The number of hydrogen-bond donors (Lipinski definition) is 0. The standard InChI is InChI=1S/C22H22N2O5S2/c1-28-20(26)14-24-17-11-10-15(21(27)29-2)13-18(17)31-22(24)23-19(25)9-6-12-30-16-7-4-3-5-8-16/h3-5,7-8,10-11,13H,6,9,12,14H2,1-2H3. The molecule has 1 heterocycles. The number of ether oxygens (including phenoxy) is 2. The van der Waals surface area contributed by atoms with Crippen LogP contribution in [0.5, 0.6) is 0 Å². The molecule has 31 heavy (non-hydrogen) atoms. The molecular weight excluding hydrogens is 436 g/mol. The molecule has 0 N–H and O–H groups in total. The number of methoxy groups -OCH3 is 2. The van der Waals surface area contributed by atoms with Crippen molar-refractivity contribution in [3.8, 4) is 0 Å². The molecular formula is C22H22N2O5S2. The van der Waals surface area contributed by atoms with Gasteiger partial charge in [0, 0.05) is 11.3 Å². The minimum atomic E-state index is -0.458. The van der Waals surface area contributed by atoms with Gasteiger partial charge in [0.05, 0.1) is 30.0 Å². The van der Waals surface area contributed by atoms with Gasteiger partial charge in [-0.25, -0.2) is 4.79 Å². The Labute approximate surface area is 187 Å². The molecule has 0 saturated heterocycles. The Bertz CT molecular complexity index is 1150. The van der Waals surface area contributed by atoms with Gasteiger partial charge in [0.25, 0.3) is 0 Å². The van der Waals surface area contributed by atoms with E-state index in [4.69, 9.17) is 9.47 Å². The first-order chi connectivity index (χ1) is 15.0. The molecule has 0 bridgehead atoms. The first-order valence-corrected chi connectivity index (χ1v) is 11.4. The van der Waals surface area contributed by atoms with Crippen LogP contribution in [-0.4, -0.2) is 42.4 Å². The fourth-order valence-corrected chi connectivity index (χ4v) is 4.80. The summed E-state index contributed by atoms with van der Waals surface area (Å²) >= 11 is 2.93.